The van der Waals surface area contributed by atoms with E-state index < -0.39 is 16.0 Å². The highest BCUT2D eigenvalue weighted by molar-refractivity contribution is 9.10. The van der Waals surface area contributed by atoms with Gasteiger partial charge in [0.25, 0.3) is 0 Å². The Balaban J connectivity index is 2.44. The number of rotatable bonds is 3. The molecule has 104 valence electrons. The largest absolute Gasteiger partial charge is 0.478 e. The van der Waals surface area contributed by atoms with Crippen LogP contribution in [-0.4, -0.2) is 50.1 Å². The molecule has 1 aromatic rings. The molecular weight excluding hydrogens is 338 g/mol. The second-order valence-corrected chi connectivity index (χ2v) is 6.73. The van der Waals surface area contributed by atoms with Crippen molar-refractivity contribution in [2.45, 2.75) is 4.90 Å². The van der Waals surface area contributed by atoms with Crippen molar-refractivity contribution in [3.63, 3.8) is 0 Å². The maximum atomic E-state index is 12.4. The molecule has 0 amide bonds. The predicted molar refractivity (Wildman–Crippen MR) is 70.7 cm³/mol. The molecule has 1 N–H and O–H groups in total. The monoisotopic (exact) mass is 349 g/mol. The number of morpholine rings is 1. The molecule has 0 unspecified atom stereocenters. The molecule has 1 fully saturated rings. The third-order valence-electron chi connectivity index (χ3n) is 2.77. The molecule has 1 aliphatic heterocycles. The second kappa shape index (κ2) is 5.58. The van der Waals surface area contributed by atoms with Crippen LogP contribution in [0, 0.1) is 0 Å². The van der Waals surface area contributed by atoms with E-state index in [2.05, 4.69) is 15.9 Å². The molecule has 0 aliphatic carbocycles. The third-order valence-corrected chi connectivity index (χ3v) is 5.66. The van der Waals surface area contributed by atoms with Crippen LogP contribution in [0.4, 0.5) is 0 Å². The summed E-state index contributed by atoms with van der Waals surface area (Å²) >= 11 is 3.15. The Kier molecular flexibility index (Phi) is 4.24. The van der Waals surface area contributed by atoms with Crippen LogP contribution >= 0.6 is 15.9 Å². The maximum absolute atomic E-state index is 12.4. The molecule has 1 aliphatic rings. The fourth-order valence-electron chi connectivity index (χ4n) is 1.76. The second-order valence-electron chi connectivity index (χ2n) is 3.97. The Bertz CT molecular complexity index is 595. The molecule has 0 radical (unpaired) electrons. The zero-order valence-electron chi connectivity index (χ0n) is 9.87. The van der Waals surface area contributed by atoms with Crippen molar-refractivity contribution in [2.24, 2.45) is 0 Å². The van der Waals surface area contributed by atoms with Crippen molar-refractivity contribution in [2.75, 3.05) is 26.3 Å². The summed E-state index contributed by atoms with van der Waals surface area (Å²) in [4.78, 5) is 10.9. The van der Waals surface area contributed by atoms with E-state index in [1.807, 2.05) is 0 Å². The first-order chi connectivity index (χ1) is 8.93. The maximum Gasteiger partial charge on any atom is 0.335 e. The average molecular weight is 350 g/mol. The van der Waals surface area contributed by atoms with Gasteiger partial charge in [0.2, 0.25) is 10.0 Å². The van der Waals surface area contributed by atoms with E-state index in [9.17, 15) is 13.2 Å². The number of halogens is 1. The molecule has 2 rings (SSSR count). The van der Waals surface area contributed by atoms with Gasteiger partial charge in [-0.3, -0.25) is 0 Å². The highest BCUT2D eigenvalue weighted by atomic mass is 79.9. The molecule has 6 nitrogen and oxygen atoms in total. The number of benzene rings is 1. The fourth-order valence-corrected chi connectivity index (χ4v) is 4.12. The number of carboxylic acid groups (broad SMARTS) is 1. The summed E-state index contributed by atoms with van der Waals surface area (Å²) in [5, 5.41) is 8.93. The van der Waals surface area contributed by atoms with Gasteiger partial charge < -0.3 is 9.84 Å². The zero-order chi connectivity index (χ0) is 14.0. The van der Waals surface area contributed by atoms with Gasteiger partial charge in [0.15, 0.2) is 0 Å². The lowest BCUT2D eigenvalue weighted by atomic mass is 10.2. The lowest BCUT2D eigenvalue weighted by Crippen LogP contribution is -2.40. The van der Waals surface area contributed by atoms with Crippen molar-refractivity contribution in [3.8, 4) is 0 Å². The lowest BCUT2D eigenvalue weighted by Gasteiger charge is -2.26. The number of sulfonamides is 1. The molecule has 1 saturated heterocycles. The summed E-state index contributed by atoms with van der Waals surface area (Å²) in [6.45, 7) is 1.23. The first-order valence-corrected chi connectivity index (χ1v) is 7.77. The zero-order valence-corrected chi connectivity index (χ0v) is 12.3. The van der Waals surface area contributed by atoms with Crippen molar-refractivity contribution in [3.05, 3.63) is 28.2 Å². The van der Waals surface area contributed by atoms with Crippen molar-refractivity contribution < 1.29 is 23.1 Å². The Morgan fingerprint density at radius 1 is 1.32 bits per heavy atom. The topological polar surface area (TPSA) is 83.9 Å². The first-order valence-electron chi connectivity index (χ1n) is 5.53. The van der Waals surface area contributed by atoms with E-state index in [1.165, 1.54) is 16.4 Å². The molecule has 0 atom stereocenters. The Hall–Kier alpha value is -0.960. The number of nitrogens with zero attached hydrogens (tertiary/aromatic N) is 1. The number of ether oxygens (including phenoxy) is 1. The number of carboxylic acids is 1. The standard InChI is InChI=1S/C11H12BrNO5S/c12-9-2-1-8(11(14)15)7-10(9)19(16,17)13-3-5-18-6-4-13/h1-2,7H,3-6H2,(H,14,15). The quantitative estimate of drug-likeness (QED) is 0.885. The minimum atomic E-state index is -3.71. The van der Waals surface area contributed by atoms with E-state index in [0.29, 0.717) is 17.7 Å². The number of aromatic carboxylic acids is 1. The van der Waals surface area contributed by atoms with Gasteiger partial charge in [-0.1, -0.05) is 0 Å². The summed E-state index contributed by atoms with van der Waals surface area (Å²) in [6, 6.07) is 3.94. The number of hydrogen-bond acceptors (Lipinski definition) is 4. The molecule has 1 aromatic carbocycles. The van der Waals surface area contributed by atoms with E-state index in [-0.39, 0.29) is 23.5 Å². The molecule has 0 bridgehead atoms. The average Bonchev–Trinajstić information content (AvgIpc) is 2.39. The summed E-state index contributed by atoms with van der Waals surface area (Å²) < 4.78 is 31.6. The molecule has 8 heteroatoms. The Morgan fingerprint density at radius 3 is 2.53 bits per heavy atom. The number of hydrogen-bond donors (Lipinski definition) is 1. The number of carbonyl (C=O) groups is 1. The van der Waals surface area contributed by atoms with Crippen LogP contribution in [0.5, 0.6) is 0 Å². The van der Waals surface area contributed by atoms with Crippen LogP contribution < -0.4 is 0 Å². The smallest absolute Gasteiger partial charge is 0.335 e. The highest BCUT2D eigenvalue weighted by Gasteiger charge is 2.28. The predicted octanol–water partition coefficient (Wildman–Crippen LogP) is 1.17. The Labute approximate surface area is 119 Å². The fraction of sp³-hybridized carbons (Fsp3) is 0.364. The van der Waals surface area contributed by atoms with Crippen LogP contribution in [0.25, 0.3) is 0 Å². The summed E-state index contributed by atoms with van der Waals surface area (Å²) in [5.74, 6) is -1.16. The molecule has 0 spiro atoms. The third kappa shape index (κ3) is 2.97. The van der Waals surface area contributed by atoms with Gasteiger partial charge in [-0.15, -0.1) is 0 Å². The van der Waals surface area contributed by atoms with E-state index >= 15 is 0 Å². The lowest BCUT2D eigenvalue weighted by molar-refractivity contribution is 0.0696. The SMILES string of the molecule is O=C(O)c1ccc(Br)c(S(=O)(=O)N2CCOCC2)c1. The Morgan fingerprint density at radius 2 is 1.95 bits per heavy atom. The van der Waals surface area contributed by atoms with Crippen LogP contribution in [0.3, 0.4) is 0 Å². The van der Waals surface area contributed by atoms with Crippen molar-refractivity contribution >= 4 is 31.9 Å². The minimum absolute atomic E-state index is 0.0331. The van der Waals surface area contributed by atoms with E-state index in [1.54, 1.807) is 0 Å². The molecule has 1 heterocycles. The van der Waals surface area contributed by atoms with Gasteiger partial charge in [-0.05, 0) is 34.1 Å². The molecule has 19 heavy (non-hydrogen) atoms. The van der Waals surface area contributed by atoms with Gasteiger partial charge in [0, 0.05) is 17.6 Å². The van der Waals surface area contributed by atoms with E-state index in [0.717, 1.165) is 6.07 Å². The minimum Gasteiger partial charge on any atom is -0.478 e. The van der Waals surface area contributed by atoms with Gasteiger partial charge in [0.1, 0.15) is 0 Å². The van der Waals surface area contributed by atoms with Gasteiger partial charge >= 0.3 is 5.97 Å². The van der Waals surface area contributed by atoms with Crippen molar-refractivity contribution in [1.29, 1.82) is 0 Å². The van der Waals surface area contributed by atoms with E-state index in [4.69, 9.17) is 9.84 Å². The normalized spacial score (nSPS) is 17.3. The van der Waals surface area contributed by atoms with Crippen LogP contribution in [-0.2, 0) is 14.8 Å². The first kappa shape index (κ1) is 14.4. The van der Waals surface area contributed by atoms with Gasteiger partial charge in [0.05, 0.1) is 23.7 Å². The summed E-state index contributed by atoms with van der Waals surface area (Å²) in [7, 11) is -3.71. The highest BCUT2D eigenvalue weighted by Crippen LogP contribution is 2.26. The van der Waals surface area contributed by atoms with Crippen LogP contribution in [0.1, 0.15) is 10.4 Å². The molecular formula is C11H12BrNO5S. The molecule has 0 aromatic heterocycles. The summed E-state index contributed by atoms with van der Waals surface area (Å²) in [5.41, 5.74) is -0.0602. The summed E-state index contributed by atoms with van der Waals surface area (Å²) in [6.07, 6.45) is 0. The van der Waals surface area contributed by atoms with Gasteiger partial charge in [-0.2, -0.15) is 4.31 Å². The van der Waals surface area contributed by atoms with Crippen molar-refractivity contribution in [1.82, 2.24) is 4.31 Å². The van der Waals surface area contributed by atoms with Crippen LogP contribution in [0.15, 0.2) is 27.6 Å². The van der Waals surface area contributed by atoms with Gasteiger partial charge in [-0.25, -0.2) is 13.2 Å². The van der Waals surface area contributed by atoms with Crippen LogP contribution in [0.2, 0.25) is 0 Å². The molecule has 0 saturated carbocycles.